The minimum absolute atomic E-state index is 0.0679. The standard InChI is InChI=1S/C14H21N3O2S/c1-17(13(19)11-5-4-8-20-11)9-12(18)16-14(10-15)6-2-3-7-14/h4-5,8H,2-3,6-7,9-10,15H2,1H3,(H,16,18). The Kier molecular flexibility index (Phi) is 4.77. The summed E-state index contributed by atoms with van der Waals surface area (Å²) in [4.78, 5) is 26.2. The van der Waals surface area contributed by atoms with Crippen molar-refractivity contribution >= 4 is 23.2 Å². The van der Waals surface area contributed by atoms with Gasteiger partial charge in [-0.3, -0.25) is 9.59 Å². The summed E-state index contributed by atoms with van der Waals surface area (Å²) in [6.07, 6.45) is 4.05. The van der Waals surface area contributed by atoms with E-state index in [4.69, 9.17) is 5.73 Å². The van der Waals surface area contributed by atoms with E-state index in [1.54, 1.807) is 13.1 Å². The molecular weight excluding hydrogens is 274 g/mol. The third kappa shape index (κ3) is 3.37. The lowest BCUT2D eigenvalue weighted by molar-refractivity contribution is -0.123. The molecule has 1 aromatic heterocycles. The van der Waals surface area contributed by atoms with Gasteiger partial charge < -0.3 is 16.0 Å². The zero-order valence-electron chi connectivity index (χ0n) is 11.7. The van der Waals surface area contributed by atoms with Crippen molar-refractivity contribution in [2.75, 3.05) is 20.1 Å². The molecule has 1 aliphatic carbocycles. The first-order chi connectivity index (χ1) is 9.56. The van der Waals surface area contributed by atoms with Crippen LogP contribution in [0.15, 0.2) is 17.5 Å². The third-order valence-electron chi connectivity index (χ3n) is 3.82. The lowest BCUT2D eigenvalue weighted by Gasteiger charge is -2.29. The fourth-order valence-electron chi connectivity index (χ4n) is 2.64. The van der Waals surface area contributed by atoms with Crippen molar-refractivity contribution in [2.24, 2.45) is 5.73 Å². The summed E-state index contributed by atoms with van der Waals surface area (Å²) in [5.74, 6) is -0.256. The van der Waals surface area contributed by atoms with Gasteiger partial charge in [-0.15, -0.1) is 11.3 Å². The number of carbonyl (C=O) groups excluding carboxylic acids is 2. The summed E-state index contributed by atoms with van der Waals surface area (Å²) in [5, 5.41) is 4.87. The molecule has 1 fully saturated rings. The van der Waals surface area contributed by atoms with Gasteiger partial charge in [0.05, 0.1) is 17.0 Å². The number of amides is 2. The second kappa shape index (κ2) is 6.37. The Labute approximate surface area is 123 Å². The molecule has 1 aliphatic rings. The van der Waals surface area contributed by atoms with Crippen molar-refractivity contribution in [1.82, 2.24) is 10.2 Å². The van der Waals surface area contributed by atoms with Crippen LogP contribution in [0.2, 0.25) is 0 Å². The molecule has 0 saturated heterocycles. The molecule has 0 aliphatic heterocycles. The van der Waals surface area contributed by atoms with Crippen LogP contribution in [0.5, 0.6) is 0 Å². The first kappa shape index (κ1) is 15.0. The minimum atomic E-state index is -0.260. The van der Waals surface area contributed by atoms with Gasteiger partial charge in [0.2, 0.25) is 5.91 Å². The molecule has 3 N–H and O–H groups in total. The number of hydrogen-bond acceptors (Lipinski definition) is 4. The normalized spacial score (nSPS) is 16.9. The smallest absolute Gasteiger partial charge is 0.264 e. The highest BCUT2D eigenvalue weighted by molar-refractivity contribution is 7.12. The molecule has 0 spiro atoms. The highest BCUT2D eigenvalue weighted by atomic mass is 32.1. The third-order valence-corrected chi connectivity index (χ3v) is 4.67. The van der Waals surface area contributed by atoms with Gasteiger partial charge >= 0.3 is 0 Å². The molecule has 20 heavy (non-hydrogen) atoms. The van der Waals surface area contributed by atoms with Crippen LogP contribution in [0.3, 0.4) is 0 Å². The fraction of sp³-hybridized carbons (Fsp3) is 0.571. The molecular formula is C14H21N3O2S. The van der Waals surface area contributed by atoms with Crippen molar-refractivity contribution in [3.8, 4) is 0 Å². The Hall–Kier alpha value is -1.40. The van der Waals surface area contributed by atoms with Crippen LogP contribution >= 0.6 is 11.3 Å². The number of nitrogens with zero attached hydrogens (tertiary/aromatic N) is 1. The van der Waals surface area contributed by atoms with Gasteiger partial charge in [-0.05, 0) is 24.3 Å². The number of carbonyl (C=O) groups is 2. The predicted octanol–water partition coefficient (Wildman–Crippen LogP) is 1.21. The average molecular weight is 295 g/mol. The van der Waals surface area contributed by atoms with Crippen LogP contribution in [0, 0.1) is 0 Å². The van der Waals surface area contributed by atoms with Crippen LogP contribution in [-0.4, -0.2) is 42.4 Å². The highest BCUT2D eigenvalue weighted by Crippen LogP contribution is 2.28. The molecule has 0 radical (unpaired) electrons. The topological polar surface area (TPSA) is 75.4 Å². The molecule has 1 aromatic rings. The van der Waals surface area contributed by atoms with Crippen molar-refractivity contribution in [1.29, 1.82) is 0 Å². The molecule has 5 nitrogen and oxygen atoms in total. The largest absolute Gasteiger partial charge is 0.348 e. The van der Waals surface area contributed by atoms with E-state index in [1.165, 1.54) is 16.2 Å². The molecule has 2 rings (SSSR count). The number of likely N-dealkylation sites (N-methyl/N-ethyl adjacent to an activating group) is 1. The number of nitrogens with two attached hydrogens (primary N) is 1. The van der Waals surface area contributed by atoms with E-state index < -0.39 is 0 Å². The Morgan fingerprint density at radius 3 is 2.70 bits per heavy atom. The minimum Gasteiger partial charge on any atom is -0.348 e. The van der Waals surface area contributed by atoms with Crippen LogP contribution in [0.25, 0.3) is 0 Å². The number of thiophene rings is 1. The molecule has 0 atom stereocenters. The van der Waals surface area contributed by atoms with Gasteiger partial charge in [-0.25, -0.2) is 0 Å². The Bertz CT molecular complexity index is 467. The van der Waals surface area contributed by atoms with E-state index in [0.717, 1.165) is 25.7 Å². The summed E-state index contributed by atoms with van der Waals surface area (Å²) in [6, 6.07) is 3.59. The summed E-state index contributed by atoms with van der Waals surface area (Å²) in [6.45, 7) is 0.528. The summed E-state index contributed by atoms with van der Waals surface area (Å²) >= 11 is 1.38. The Morgan fingerprint density at radius 2 is 2.15 bits per heavy atom. The summed E-state index contributed by atoms with van der Waals surface area (Å²) in [7, 11) is 1.64. The van der Waals surface area contributed by atoms with Crippen LogP contribution in [-0.2, 0) is 4.79 Å². The number of hydrogen-bond donors (Lipinski definition) is 2. The van der Waals surface area contributed by atoms with Gasteiger partial charge in [-0.1, -0.05) is 18.9 Å². The first-order valence-electron chi connectivity index (χ1n) is 6.86. The molecule has 0 unspecified atom stereocenters. The van der Waals surface area contributed by atoms with E-state index >= 15 is 0 Å². The van der Waals surface area contributed by atoms with Crippen LogP contribution in [0.1, 0.15) is 35.4 Å². The van der Waals surface area contributed by atoms with Gasteiger partial charge in [0.1, 0.15) is 0 Å². The van der Waals surface area contributed by atoms with Gasteiger partial charge in [0.15, 0.2) is 0 Å². The zero-order chi connectivity index (χ0) is 14.6. The van der Waals surface area contributed by atoms with Crippen LogP contribution in [0.4, 0.5) is 0 Å². The second-order valence-corrected chi connectivity index (χ2v) is 6.33. The van der Waals surface area contributed by atoms with Gasteiger partial charge in [-0.2, -0.15) is 0 Å². The molecule has 6 heteroatoms. The lowest BCUT2D eigenvalue weighted by atomic mass is 9.98. The quantitative estimate of drug-likeness (QED) is 0.857. The van der Waals surface area contributed by atoms with Crippen molar-refractivity contribution in [2.45, 2.75) is 31.2 Å². The SMILES string of the molecule is CN(CC(=O)NC1(CN)CCCC1)C(=O)c1cccs1. The highest BCUT2D eigenvalue weighted by Gasteiger charge is 2.34. The summed E-state index contributed by atoms with van der Waals surface area (Å²) in [5.41, 5.74) is 5.53. The first-order valence-corrected chi connectivity index (χ1v) is 7.74. The molecule has 110 valence electrons. The number of rotatable bonds is 5. The molecule has 2 amide bonds. The van der Waals surface area contributed by atoms with E-state index in [1.807, 2.05) is 11.4 Å². The fourth-order valence-corrected chi connectivity index (χ4v) is 3.36. The van der Waals surface area contributed by atoms with Crippen LogP contribution < -0.4 is 11.1 Å². The number of nitrogens with one attached hydrogen (secondary N) is 1. The molecule has 1 heterocycles. The maximum atomic E-state index is 12.1. The molecule has 1 saturated carbocycles. The van der Waals surface area contributed by atoms with E-state index in [0.29, 0.717) is 11.4 Å². The average Bonchev–Trinajstić information content (AvgIpc) is 3.09. The van der Waals surface area contributed by atoms with E-state index in [9.17, 15) is 9.59 Å². The zero-order valence-corrected chi connectivity index (χ0v) is 12.5. The van der Waals surface area contributed by atoms with Crippen molar-refractivity contribution < 1.29 is 9.59 Å². The lowest BCUT2D eigenvalue weighted by Crippen LogP contribution is -2.54. The van der Waals surface area contributed by atoms with Crippen molar-refractivity contribution in [3.05, 3.63) is 22.4 Å². The maximum Gasteiger partial charge on any atom is 0.264 e. The predicted molar refractivity (Wildman–Crippen MR) is 79.7 cm³/mol. The summed E-state index contributed by atoms with van der Waals surface area (Å²) < 4.78 is 0. The maximum absolute atomic E-state index is 12.1. The second-order valence-electron chi connectivity index (χ2n) is 5.38. The Morgan fingerprint density at radius 1 is 1.45 bits per heavy atom. The van der Waals surface area contributed by atoms with E-state index in [2.05, 4.69) is 5.32 Å². The van der Waals surface area contributed by atoms with Crippen molar-refractivity contribution in [3.63, 3.8) is 0 Å². The Balaban J connectivity index is 1.89. The molecule has 0 bridgehead atoms. The monoisotopic (exact) mass is 295 g/mol. The van der Waals surface area contributed by atoms with E-state index in [-0.39, 0.29) is 23.9 Å². The van der Waals surface area contributed by atoms with Gasteiger partial charge in [0.25, 0.3) is 5.91 Å². The molecule has 0 aromatic carbocycles. The van der Waals surface area contributed by atoms with Gasteiger partial charge in [0, 0.05) is 13.6 Å².